The summed E-state index contributed by atoms with van der Waals surface area (Å²) in [4.78, 5) is 34.6. The molecule has 0 bridgehead atoms. The van der Waals surface area contributed by atoms with Crippen molar-refractivity contribution in [2.75, 3.05) is 26.4 Å². The van der Waals surface area contributed by atoms with E-state index >= 15 is 0 Å². The Morgan fingerprint density at radius 3 is 1.67 bits per heavy atom. The zero-order chi connectivity index (χ0) is 35.4. The maximum atomic E-state index is 12.5. The molecule has 0 aromatic heterocycles. The number of esters is 2. The largest absolute Gasteiger partial charge is 0.472 e. The fourth-order valence-corrected chi connectivity index (χ4v) is 5.45. The minimum absolute atomic E-state index is 0.0440. The summed E-state index contributed by atoms with van der Waals surface area (Å²) >= 11 is 0. The standard InChI is InChI=1S/C38H68NO8P/c1-3-5-7-9-11-13-15-16-17-18-19-20-21-23-25-27-29-31-38(41)47-36(35-46-48(42,43)45-33-32-39)34-44-37(40)30-28-26-24-22-14-12-10-8-6-4-2/h11,13,16-17,19-20,23,25,36H,3-10,12,14-15,18,21-22,24,26-35,39H2,1-2H3,(H,42,43)/b13-11-,17-16-,20-19-,25-23-/t36-/m1/s1. The van der Waals surface area contributed by atoms with Crippen LogP contribution in [0.1, 0.15) is 149 Å². The first-order chi connectivity index (χ1) is 23.3. The summed E-state index contributed by atoms with van der Waals surface area (Å²) in [6, 6.07) is 0. The number of carbonyl (C=O) groups is 2. The molecule has 278 valence electrons. The lowest BCUT2D eigenvalue weighted by molar-refractivity contribution is -0.161. The lowest BCUT2D eigenvalue weighted by Gasteiger charge is -2.19. The van der Waals surface area contributed by atoms with E-state index in [0.717, 1.165) is 38.5 Å². The highest BCUT2D eigenvalue weighted by Crippen LogP contribution is 2.43. The maximum absolute atomic E-state index is 12.5. The van der Waals surface area contributed by atoms with Crippen molar-refractivity contribution in [2.24, 2.45) is 5.73 Å². The fraction of sp³-hybridized carbons (Fsp3) is 0.737. The molecule has 3 N–H and O–H groups in total. The minimum Gasteiger partial charge on any atom is -0.462 e. The average molecular weight is 698 g/mol. The molecule has 9 nitrogen and oxygen atoms in total. The molecular formula is C38H68NO8P. The van der Waals surface area contributed by atoms with Gasteiger partial charge < -0.3 is 20.1 Å². The number of hydrogen-bond donors (Lipinski definition) is 2. The van der Waals surface area contributed by atoms with E-state index in [0.29, 0.717) is 12.8 Å². The molecule has 2 atom stereocenters. The Balaban J connectivity index is 4.35. The molecule has 10 heteroatoms. The second-order valence-electron chi connectivity index (χ2n) is 12.1. The van der Waals surface area contributed by atoms with E-state index in [1.807, 2.05) is 6.08 Å². The fourth-order valence-electron chi connectivity index (χ4n) is 4.68. The summed E-state index contributed by atoms with van der Waals surface area (Å²) in [7, 11) is -4.38. The molecule has 48 heavy (non-hydrogen) atoms. The lowest BCUT2D eigenvalue weighted by atomic mass is 10.1. The van der Waals surface area contributed by atoms with Crippen LogP contribution in [0.5, 0.6) is 0 Å². The van der Waals surface area contributed by atoms with Gasteiger partial charge in [0.05, 0.1) is 13.2 Å². The Labute approximate surface area is 292 Å². The van der Waals surface area contributed by atoms with Gasteiger partial charge in [0.2, 0.25) is 0 Å². The molecule has 0 fully saturated rings. The van der Waals surface area contributed by atoms with Crippen LogP contribution >= 0.6 is 7.82 Å². The molecule has 0 rings (SSSR count). The molecule has 0 saturated carbocycles. The Hall–Kier alpha value is -2.03. The predicted octanol–water partition coefficient (Wildman–Crippen LogP) is 9.99. The predicted molar refractivity (Wildman–Crippen MR) is 196 cm³/mol. The van der Waals surface area contributed by atoms with Crippen LogP contribution in [0.25, 0.3) is 0 Å². The normalized spacial score (nSPS) is 14.0. The van der Waals surface area contributed by atoms with Gasteiger partial charge in [-0.1, -0.05) is 133 Å². The van der Waals surface area contributed by atoms with Gasteiger partial charge in [0.1, 0.15) is 6.61 Å². The van der Waals surface area contributed by atoms with Crippen molar-refractivity contribution in [1.82, 2.24) is 0 Å². The highest BCUT2D eigenvalue weighted by atomic mass is 31.2. The van der Waals surface area contributed by atoms with Gasteiger partial charge in [-0.15, -0.1) is 0 Å². The van der Waals surface area contributed by atoms with E-state index in [4.69, 9.17) is 24.3 Å². The minimum atomic E-state index is -4.38. The SMILES string of the molecule is CCCCC/C=C\C/C=C\C/C=C\C/C=C\CCCC(=O)O[C@H](COC(=O)CCCCCCCCCCCC)COP(=O)(O)OCCN. The molecular weight excluding hydrogens is 629 g/mol. The van der Waals surface area contributed by atoms with E-state index in [9.17, 15) is 19.0 Å². The van der Waals surface area contributed by atoms with Crippen LogP contribution in [0.3, 0.4) is 0 Å². The van der Waals surface area contributed by atoms with Crippen LogP contribution in [0.2, 0.25) is 0 Å². The van der Waals surface area contributed by atoms with E-state index in [1.165, 1.54) is 70.6 Å². The number of phosphoric acid groups is 1. The third kappa shape index (κ3) is 33.9. The topological polar surface area (TPSA) is 134 Å². The zero-order valence-corrected chi connectivity index (χ0v) is 31.1. The van der Waals surface area contributed by atoms with E-state index < -0.39 is 32.5 Å². The molecule has 1 unspecified atom stereocenters. The molecule has 0 radical (unpaired) electrons. The molecule has 0 aliphatic rings. The van der Waals surface area contributed by atoms with Crippen molar-refractivity contribution in [2.45, 2.75) is 155 Å². The smallest absolute Gasteiger partial charge is 0.462 e. The summed E-state index contributed by atoms with van der Waals surface area (Å²) in [5, 5.41) is 0. The monoisotopic (exact) mass is 697 g/mol. The third-order valence-electron chi connectivity index (χ3n) is 7.47. The summed E-state index contributed by atoms with van der Waals surface area (Å²) in [5.74, 6) is -0.899. The number of ether oxygens (including phenoxy) is 2. The zero-order valence-electron chi connectivity index (χ0n) is 30.2. The number of hydrogen-bond acceptors (Lipinski definition) is 8. The molecule has 0 aliphatic heterocycles. The molecule has 0 saturated heterocycles. The van der Waals surface area contributed by atoms with Crippen molar-refractivity contribution >= 4 is 19.8 Å². The Kier molecular flexibility index (Phi) is 33.3. The summed E-state index contributed by atoms with van der Waals surface area (Å²) in [6.45, 7) is 3.60. The van der Waals surface area contributed by atoms with Gasteiger partial charge in [0, 0.05) is 19.4 Å². The van der Waals surface area contributed by atoms with Crippen molar-refractivity contribution in [3.8, 4) is 0 Å². The first kappa shape index (κ1) is 46.0. The molecule has 0 aromatic rings. The molecule has 0 aromatic carbocycles. The Bertz CT molecular complexity index is 934. The first-order valence-electron chi connectivity index (χ1n) is 18.6. The summed E-state index contributed by atoms with van der Waals surface area (Å²) in [5.41, 5.74) is 5.32. The quantitative estimate of drug-likeness (QED) is 0.0291. The van der Waals surface area contributed by atoms with Crippen LogP contribution in [0, 0.1) is 0 Å². The van der Waals surface area contributed by atoms with Crippen molar-refractivity contribution < 1.29 is 37.6 Å². The number of phosphoric ester groups is 1. The Morgan fingerprint density at radius 2 is 1.10 bits per heavy atom. The molecule has 0 spiro atoms. The van der Waals surface area contributed by atoms with Crippen molar-refractivity contribution in [1.29, 1.82) is 0 Å². The van der Waals surface area contributed by atoms with Gasteiger partial charge in [-0.05, 0) is 51.4 Å². The van der Waals surface area contributed by atoms with Gasteiger partial charge in [-0.3, -0.25) is 18.6 Å². The maximum Gasteiger partial charge on any atom is 0.472 e. The van der Waals surface area contributed by atoms with Crippen LogP contribution in [-0.4, -0.2) is 49.3 Å². The van der Waals surface area contributed by atoms with Gasteiger partial charge in [0.25, 0.3) is 0 Å². The second kappa shape index (κ2) is 34.8. The highest BCUT2D eigenvalue weighted by Gasteiger charge is 2.25. The van der Waals surface area contributed by atoms with Gasteiger partial charge in [-0.2, -0.15) is 0 Å². The van der Waals surface area contributed by atoms with Crippen LogP contribution in [0.4, 0.5) is 0 Å². The lowest BCUT2D eigenvalue weighted by Crippen LogP contribution is -2.29. The van der Waals surface area contributed by atoms with Gasteiger partial charge in [-0.25, -0.2) is 4.57 Å². The van der Waals surface area contributed by atoms with E-state index in [-0.39, 0.29) is 32.6 Å². The number of nitrogens with two attached hydrogens (primary N) is 1. The number of allylic oxidation sites excluding steroid dienone is 8. The second-order valence-corrected chi connectivity index (χ2v) is 13.5. The van der Waals surface area contributed by atoms with Gasteiger partial charge in [0.15, 0.2) is 6.10 Å². The molecule has 0 amide bonds. The first-order valence-corrected chi connectivity index (χ1v) is 20.1. The number of carbonyl (C=O) groups excluding carboxylic acids is 2. The number of unbranched alkanes of at least 4 members (excludes halogenated alkanes) is 13. The summed E-state index contributed by atoms with van der Waals surface area (Å²) < 4.78 is 32.5. The van der Waals surface area contributed by atoms with Crippen molar-refractivity contribution in [3.63, 3.8) is 0 Å². The highest BCUT2D eigenvalue weighted by molar-refractivity contribution is 7.47. The molecule has 0 aliphatic carbocycles. The summed E-state index contributed by atoms with van der Waals surface area (Å²) in [6.07, 6.45) is 37.2. The van der Waals surface area contributed by atoms with Crippen LogP contribution in [0.15, 0.2) is 48.6 Å². The van der Waals surface area contributed by atoms with Crippen molar-refractivity contribution in [3.05, 3.63) is 48.6 Å². The van der Waals surface area contributed by atoms with E-state index in [1.54, 1.807) is 0 Å². The molecule has 0 heterocycles. The Morgan fingerprint density at radius 1 is 0.625 bits per heavy atom. The van der Waals surface area contributed by atoms with E-state index in [2.05, 4.69) is 56.4 Å². The third-order valence-corrected chi connectivity index (χ3v) is 8.45. The average Bonchev–Trinajstić information content (AvgIpc) is 3.07. The van der Waals surface area contributed by atoms with Gasteiger partial charge >= 0.3 is 19.8 Å². The van der Waals surface area contributed by atoms with Crippen LogP contribution < -0.4 is 5.73 Å². The van der Waals surface area contributed by atoms with Crippen LogP contribution in [-0.2, 0) is 32.7 Å². The number of rotatable bonds is 34.